The van der Waals surface area contributed by atoms with Crippen LogP contribution < -0.4 is 5.32 Å². The van der Waals surface area contributed by atoms with Crippen LogP contribution in [0, 0.1) is 0 Å². The van der Waals surface area contributed by atoms with E-state index in [1.807, 2.05) is 0 Å². The highest BCUT2D eigenvalue weighted by atomic mass is 16.6. The maximum atomic E-state index is 11.1. The van der Waals surface area contributed by atoms with Gasteiger partial charge in [0.2, 0.25) is 0 Å². The molecule has 0 radical (unpaired) electrons. The molecule has 0 aliphatic carbocycles. The molecule has 0 atom stereocenters. The summed E-state index contributed by atoms with van der Waals surface area (Å²) in [6.07, 6.45) is -0.572. The van der Waals surface area contributed by atoms with Gasteiger partial charge in [0, 0.05) is 18.9 Å². The smallest absolute Gasteiger partial charge is 0.411 e. The highest BCUT2D eigenvalue weighted by Gasteiger charge is 2.02. The van der Waals surface area contributed by atoms with E-state index in [2.05, 4.69) is 5.32 Å². The van der Waals surface area contributed by atoms with Gasteiger partial charge in [0.05, 0.1) is 6.61 Å². The number of anilines is 1. The number of carbonyl (C=O) groups excluding carboxylic acids is 1. The fraction of sp³-hybridized carbons (Fsp3) is 0.300. The Morgan fingerprint density at radius 2 is 2.27 bits per heavy atom. The van der Waals surface area contributed by atoms with Crippen LogP contribution in [0.3, 0.4) is 0 Å². The minimum Gasteiger partial charge on any atom is -0.508 e. The lowest BCUT2D eigenvalue weighted by Crippen LogP contribution is -2.16. The van der Waals surface area contributed by atoms with Gasteiger partial charge in [-0.2, -0.15) is 0 Å². The van der Waals surface area contributed by atoms with Crippen molar-refractivity contribution in [1.29, 1.82) is 0 Å². The Morgan fingerprint density at radius 3 is 2.93 bits per heavy atom. The van der Waals surface area contributed by atoms with Crippen molar-refractivity contribution < 1.29 is 19.4 Å². The maximum Gasteiger partial charge on any atom is 0.411 e. The van der Waals surface area contributed by atoms with Gasteiger partial charge in [0.15, 0.2) is 0 Å². The summed E-state index contributed by atoms with van der Waals surface area (Å²) < 4.78 is 9.49. The van der Waals surface area contributed by atoms with Gasteiger partial charge in [-0.3, -0.25) is 5.32 Å². The Hall–Kier alpha value is -1.75. The second-order valence-corrected chi connectivity index (χ2v) is 2.80. The van der Waals surface area contributed by atoms with Crippen LogP contribution in [-0.4, -0.2) is 31.5 Å². The van der Waals surface area contributed by atoms with Crippen LogP contribution in [0.15, 0.2) is 24.3 Å². The van der Waals surface area contributed by atoms with E-state index in [1.165, 1.54) is 19.2 Å². The van der Waals surface area contributed by atoms with Gasteiger partial charge in [0.25, 0.3) is 0 Å². The van der Waals surface area contributed by atoms with E-state index in [0.717, 1.165) is 0 Å². The van der Waals surface area contributed by atoms with Crippen molar-refractivity contribution in [2.45, 2.75) is 0 Å². The number of rotatable bonds is 4. The van der Waals surface area contributed by atoms with Gasteiger partial charge in [-0.05, 0) is 12.1 Å². The number of ether oxygens (including phenoxy) is 2. The van der Waals surface area contributed by atoms with Crippen LogP contribution in [0.4, 0.5) is 10.5 Å². The van der Waals surface area contributed by atoms with Crippen molar-refractivity contribution in [1.82, 2.24) is 0 Å². The number of amides is 1. The van der Waals surface area contributed by atoms with Crippen LogP contribution in [0.2, 0.25) is 0 Å². The molecule has 0 heterocycles. The van der Waals surface area contributed by atoms with Crippen molar-refractivity contribution in [3.63, 3.8) is 0 Å². The maximum absolute atomic E-state index is 11.1. The molecule has 0 bridgehead atoms. The van der Waals surface area contributed by atoms with E-state index in [-0.39, 0.29) is 12.4 Å². The second kappa shape index (κ2) is 5.87. The molecule has 0 saturated heterocycles. The van der Waals surface area contributed by atoms with E-state index in [1.54, 1.807) is 12.1 Å². The van der Waals surface area contributed by atoms with Gasteiger partial charge >= 0.3 is 6.09 Å². The fourth-order valence-corrected chi connectivity index (χ4v) is 0.955. The molecule has 1 amide bonds. The van der Waals surface area contributed by atoms with Crippen molar-refractivity contribution >= 4 is 11.8 Å². The molecular weight excluding hydrogens is 198 g/mol. The number of hydrogen-bond donors (Lipinski definition) is 2. The average Bonchev–Trinajstić information content (AvgIpc) is 2.18. The summed E-state index contributed by atoms with van der Waals surface area (Å²) in [6, 6.07) is 6.22. The van der Waals surface area contributed by atoms with Crippen molar-refractivity contribution in [3.05, 3.63) is 24.3 Å². The number of aromatic hydroxyl groups is 1. The molecule has 0 fully saturated rings. The van der Waals surface area contributed by atoms with E-state index in [0.29, 0.717) is 12.3 Å². The van der Waals surface area contributed by atoms with E-state index in [9.17, 15) is 4.79 Å². The first-order valence-electron chi connectivity index (χ1n) is 4.44. The summed E-state index contributed by atoms with van der Waals surface area (Å²) in [5.41, 5.74) is 0.484. The largest absolute Gasteiger partial charge is 0.508 e. The Morgan fingerprint density at radius 1 is 1.47 bits per heavy atom. The first kappa shape index (κ1) is 11.3. The first-order chi connectivity index (χ1) is 7.22. The average molecular weight is 211 g/mol. The standard InChI is InChI=1S/C10H13NO4/c1-14-5-6-15-10(13)11-8-3-2-4-9(12)7-8/h2-4,7,12H,5-6H2,1H3,(H,11,13). The minimum atomic E-state index is -0.572. The molecule has 1 aromatic rings. The Balaban J connectivity index is 2.37. The molecule has 0 saturated carbocycles. The van der Waals surface area contributed by atoms with Gasteiger partial charge in [0.1, 0.15) is 12.4 Å². The highest BCUT2D eigenvalue weighted by molar-refractivity contribution is 5.84. The topological polar surface area (TPSA) is 67.8 Å². The fourth-order valence-electron chi connectivity index (χ4n) is 0.955. The molecule has 5 heteroatoms. The molecular formula is C10H13NO4. The zero-order chi connectivity index (χ0) is 11.1. The molecule has 15 heavy (non-hydrogen) atoms. The van der Waals surface area contributed by atoms with E-state index in [4.69, 9.17) is 14.6 Å². The predicted octanol–water partition coefficient (Wildman–Crippen LogP) is 1.59. The molecule has 82 valence electrons. The number of nitrogens with one attached hydrogen (secondary N) is 1. The number of phenols is 1. The molecule has 0 unspecified atom stereocenters. The van der Waals surface area contributed by atoms with E-state index >= 15 is 0 Å². The van der Waals surface area contributed by atoms with Crippen LogP contribution >= 0.6 is 0 Å². The number of carbonyl (C=O) groups is 1. The Kier molecular flexibility index (Phi) is 4.43. The van der Waals surface area contributed by atoms with Gasteiger partial charge < -0.3 is 14.6 Å². The summed E-state index contributed by atoms with van der Waals surface area (Å²) in [7, 11) is 1.52. The Labute approximate surface area is 87.6 Å². The van der Waals surface area contributed by atoms with Crippen LogP contribution in [0.25, 0.3) is 0 Å². The Bertz CT molecular complexity index is 327. The van der Waals surface area contributed by atoms with E-state index < -0.39 is 6.09 Å². The lowest BCUT2D eigenvalue weighted by Gasteiger charge is -2.06. The number of methoxy groups -OCH3 is 1. The van der Waals surface area contributed by atoms with Crippen molar-refractivity contribution in [2.75, 3.05) is 25.6 Å². The normalized spacial score (nSPS) is 9.67. The van der Waals surface area contributed by atoms with Gasteiger partial charge in [-0.15, -0.1) is 0 Å². The summed E-state index contributed by atoms with van der Waals surface area (Å²) in [5.74, 6) is 0.0877. The SMILES string of the molecule is COCCOC(=O)Nc1cccc(O)c1. The van der Waals surface area contributed by atoms with Crippen molar-refractivity contribution in [3.8, 4) is 5.75 Å². The predicted molar refractivity (Wildman–Crippen MR) is 55.0 cm³/mol. The lowest BCUT2D eigenvalue weighted by atomic mass is 10.3. The highest BCUT2D eigenvalue weighted by Crippen LogP contribution is 2.15. The molecule has 0 aliphatic rings. The zero-order valence-electron chi connectivity index (χ0n) is 8.40. The molecule has 1 aromatic carbocycles. The molecule has 1 rings (SSSR count). The number of phenolic OH excluding ortho intramolecular Hbond substituents is 1. The first-order valence-corrected chi connectivity index (χ1v) is 4.44. The quantitative estimate of drug-likeness (QED) is 0.742. The van der Waals surface area contributed by atoms with Crippen LogP contribution in [0.5, 0.6) is 5.75 Å². The number of benzene rings is 1. The van der Waals surface area contributed by atoms with Gasteiger partial charge in [-0.1, -0.05) is 6.07 Å². The minimum absolute atomic E-state index is 0.0877. The third-order valence-corrected chi connectivity index (χ3v) is 1.61. The zero-order valence-corrected chi connectivity index (χ0v) is 8.40. The lowest BCUT2D eigenvalue weighted by molar-refractivity contribution is 0.107. The van der Waals surface area contributed by atoms with Crippen molar-refractivity contribution in [2.24, 2.45) is 0 Å². The third-order valence-electron chi connectivity index (χ3n) is 1.61. The third kappa shape index (κ3) is 4.33. The molecule has 0 aliphatic heterocycles. The summed E-state index contributed by atoms with van der Waals surface area (Å²) in [6.45, 7) is 0.550. The molecule has 5 nitrogen and oxygen atoms in total. The molecule has 0 spiro atoms. The summed E-state index contributed by atoms with van der Waals surface area (Å²) in [4.78, 5) is 11.1. The summed E-state index contributed by atoms with van der Waals surface area (Å²) in [5, 5.41) is 11.6. The molecule has 2 N–H and O–H groups in total. The monoisotopic (exact) mass is 211 g/mol. The van der Waals surface area contributed by atoms with Gasteiger partial charge in [-0.25, -0.2) is 4.79 Å². The van der Waals surface area contributed by atoms with Crippen LogP contribution in [0.1, 0.15) is 0 Å². The number of hydrogen-bond acceptors (Lipinski definition) is 4. The van der Waals surface area contributed by atoms with Crippen LogP contribution in [-0.2, 0) is 9.47 Å². The summed E-state index contributed by atoms with van der Waals surface area (Å²) >= 11 is 0. The molecule has 0 aromatic heterocycles. The second-order valence-electron chi connectivity index (χ2n) is 2.80.